The Balaban J connectivity index is 2.41. The molecule has 96 valence electrons. The van der Waals surface area contributed by atoms with Crippen LogP contribution in [0.1, 0.15) is 25.1 Å². The van der Waals surface area contributed by atoms with Gasteiger partial charge in [0.25, 0.3) is 0 Å². The summed E-state index contributed by atoms with van der Waals surface area (Å²) < 4.78 is 1.87. The maximum atomic E-state index is 5.96. The molecule has 0 amide bonds. The highest BCUT2D eigenvalue weighted by Crippen LogP contribution is 2.23. The number of benzene rings is 1. The van der Waals surface area contributed by atoms with E-state index in [0.29, 0.717) is 6.54 Å². The first-order valence-electron chi connectivity index (χ1n) is 5.97. The van der Waals surface area contributed by atoms with Gasteiger partial charge in [-0.15, -0.1) is 0 Å². The highest BCUT2D eigenvalue weighted by atomic mass is 35.5. The lowest BCUT2D eigenvalue weighted by atomic mass is 9.90. The number of nitrogens with two attached hydrogens (primary N) is 1. The number of aromatic nitrogens is 2. The van der Waals surface area contributed by atoms with Gasteiger partial charge in [-0.05, 0) is 36.8 Å². The Bertz CT molecular complexity index is 558. The van der Waals surface area contributed by atoms with Crippen LogP contribution in [-0.2, 0) is 5.41 Å². The molecule has 1 heterocycles. The van der Waals surface area contributed by atoms with Crippen LogP contribution in [0.25, 0.3) is 5.69 Å². The molecule has 0 saturated carbocycles. The summed E-state index contributed by atoms with van der Waals surface area (Å²) in [5.41, 5.74) is 8.80. The number of nitrogens with zero attached hydrogens (tertiary/aromatic N) is 2. The van der Waals surface area contributed by atoms with Crippen molar-refractivity contribution < 1.29 is 0 Å². The molecule has 0 bridgehead atoms. The van der Waals surface area contributed by atoms with Crippen LogP contribution in [0, 0.1) is 6.92 Å². The molecule has 0 aliphatic carbocycles. The van der Waals surface area contributed by atoms with Crippen LogP contribution in [0.4, 0.5) is 0 Å². The third-order valence-corrected chi connectivity index (χ3v) is 3.43. The van der Waals surface area contributed by atoms with E-state index in [2.05, 4.69) is 18.9 Å². The van der Waals surface area contributed by atoms with E-state index in [1.807, 2.05) is 42.1 Å². The summed E-state index contributed by atoms with van der Waals surface area (Å²) in [6.07, 6.45) is 1.96. The number of halogens is 1. The molecule has 0 atom stereocenters. The fraction of sp³-hybridized carbons (Fsp3) is 0.357. The molecule has 0 unspecified atom stereocenters. The van der Waals surface area contributed by atoms with Crippen molar-refractivity contribution in [1.82, 2.24) is 9.78 Å². The minimum Gasteiger partial charge on any atom is -0.330 e. The molecular formula is C14H18ClN3. The van der Waals surface area contributed by atoms with Crippen molar-refractivity contribution in [2.45, 2.75) is 26.2 Å². The van der Waals surface area contributed by atoms with E-state index in [1.54, 1.807) is 0 Å². The van der Waals surface area contributed by atoms with Crippen molar-refractivity contribution in [1.29, 1.82) is 0 Å². The zero-order valence-corrected chi connectivity index (χ0v) is 11.7. The van der Waals surface area contributed by atoms with Crippen LogP contribution in [-0.4, -0.2) is 16.3 Å². The lowest BCUT2D eigenvalue weighted by Gasteiger charge is -2.19. The van der Waals surface area contributed by atoms with Crippen molar-refractivity contribution in [2.75, 3.05) is 6.54 Å². The van der Waals surface area contributed by atoms with Gasteiger partial charge in [0, 0.05) is 23.2 Å². The summed E-state index contributed by atoms with van der Waals surface area (Å²) in [5.74, 6) is 0. The Morgan fingerprint density at radius 1 is 1.33 bits per heavy atom. The van der Waals surface area contributed by atoms with Crippen LogP contribution in [0.5, 0.6) is 0 Å². The minimum absolute atomic E-state index is 0.106. The highest BCUT2D eigenvalue weighted by molar-refractivity contribution is 6.30. The standard InChI is InChI=1S/C14H18ClN3/c1-10-8-11(15)4-5-12(10)18-7-6-13(17-18)14(2,3)9-16/h4-8H,9,16H2,1-3H3. The molecule has 2 rings (SSSR count). The molecule has 2 aromatic rings. The Morgan fingerprint density at radius 3 is 2.67 bits per heavy atom. The molecule has 18 heavy (non-hydrogen) atoms. The second-order valence-corrected chi connectivity index (χ2v) is 5.60. The van der Waals surface area contributed by atoms with Crippen LogP contribution in [0.15, 0.2) is 30.5 Å². The first kappa shape index (κ1) is 13.1. The molecule has 0 aliphatic rings. The van der Waals surface area contributed by atoms with Crippen LogP contribution in [0.3, 0.4) is 0 Å². The van der Waals surface area contributed by atoms with Gasteiger partial charge in [-0.3, -0.25) is 0 Å². The number of aryl methyl sites for hydroxylation is 1. The Morgan fingerprint density at radius 2 is 2.06 bits per heavy atom. The predicted octanol–water partition coefficient (Wildman–Crippen LogP) is 3.07. The van der Waals surface area contributed by atoms with Crippen molar-refractivity contribution >= 4 is 11.6 Å². The maximum Gasteiger partial charge on any atom is 0.0697 e. The van der Waals surface area contributed by atoms with Gasteiger partial charge in [0.1, 0.15) is 0 Å². The van der Waals surface area contributed by atoms with Gasteiger partial charge < -0.3 is 5.73 Å². The van der Waals surface area contributed by atoms with E-state index in [-0.39, 0.29) is 5.41 Å². The molecule has 1 aromatic heterocycles. The van der Waals surface area contributed by atoms with Crippen LogP contribution < -0.4 is 5.73 Å². The normalized spacial score (nSPS) is 11.8. The number of hydrogen-bond donors (Lipinski definition) is 1. The van der Waals surface area contributed by atoms with Gasteiger partial charge in [0.2, 0.25) is 0 Å². The zero-order chi connectivity index (χ0) is 13.3. The molecule has 1 aromatic carbocycles. The van der Waals surface area contributed by atoms with Crippen LogP contribution >= 0.6 is 11.6 Å². The van der Waals surface area contributed by atoms with Gasteiger partial charge in [-0.2, -0.15) is 5.10 Å². The molecule has 0 saturated heterocycles. The summed E-state index contributed by atoms with van der Waals surface area (Å²) in [4.78, 5) is 0. The third-order valence-electron chi connectivity index (χ3n) is 3.20. The number of hydrogen-bond acceptors (Lipinski definition) is 2. The Kier molecular flexibility index (Phi) is 3.46. The van der Waals surface area contributed by atoms with Gasteiger partial charge in [0.05, 0.1) is 11.4 Å². The van der Waals surface area contributed by atoms with Crippen molar-refractivity contribution in [3.8, 4) is 5.69 Å². The monoisotopic (exact) mass is 263 g/mol. The second kappa shape index (κ2) is 4.75. The zero-order valence-electron chi connectivity index (χ0n) is 10.9. The van der Waals surface area contributed by atoms with Gasteiger partial charge in [0.15, 0.2) is 0 Å². The van der Waals surface area contributed by atoms with Gasteiger partial charge in [-0.1, -0.05) is 25.4 Å². The van der Waals surface area contributed by atoms with E-state index in [1.165, 1.54) is 0 Å². The van der Waals surface area contributed by atoms with E-state index >= 15 is 0 Å². The van der Waals surface area contributed by atoms with E-state index in [9.17, 15) is 0 Å². The molecule has 3 nitrogen and oxygen atoms in total. The molecule has 0 spiro atoms. The average Bonchev–Trinajstić information content (AvgIpc) is 2.79. The summed E-state index contributed by atoms with van der Waals surface area (Å²) in [7, 11) is 0. The highest BCUT2D eigenvalue weighted by Gasteiger charge is 2.21. The SMILES string of the molecule is Cc1cc(Cl)ccc1-n1ccc(C(C)(C)CN)n1. The summed E-state index contributed by atoms with van der Waals surface area (Å²) in [5, 5.41) is 5.35. The number of rotatable bonds is 3. The summed E-state index contributed by atoms with van der Waals surface area (Å²) in [6, 6.07) is 7.80. The largest absolute Gasteiger partial charge is 0.330 e. The van der Waals surface area contributed by atoms with Crippen LogP contribution in [0.2, 0.25) is 5.02 Å². The second-order valence-electron chi connectivity index (χ2n) is 5.16. The molecule has 0 radical (unpaired) electrons. The molecule has 4 heteroatoms. The Labute approximate surface area is 113 Å². The van der Waals surface area contributed by atoms with Crippen molar-refractivity contribution in [2.24, 2.45) is 5.73 Å². The Hall–Kier alpha value is -1.32. The lowest BCUT2D eigenvalue weighted by molar-refractivity contribution is 0.515. The predicted molar refractivity (Wildman–Crippen MR) is 75.4 cm³/mol. The van der Waals surface area contributed by atoms with Crippen molar-refractivity contribution in [3.05, 3.63) is 46.7 Å². The molecule has 2 N–H and O–H groups in total. The fourth-order valence-corrected chi connectivity index (χ4v) is 2.03. The average molecular weight is 264 g/mol. The van der Waals surface area contributed by atoms with Gasteiger partial charge in [-0.25, -0.2) is 4.68 Å². The van der Waals surface area contributed by atoms with Gasteiger partial charge >= 0.3 is 0 Å². The fourth-order valence-electron chi connectivity index (χ4n) is 1.80. The third kappa shape index (κ3) is 2.42. The van der Waals surface area contributed by atoms with E-state index in [4.69, 9.17) is 17.3 Å². The molecule has 0 fully saturated rings. The topological polar surface area (TPSA) is 43.8 Å². The summed E-state index contributed by atoms with van der Waals surface area (Å²) in [6.45, 7) is 6.78. The quantitative estimate of drug-likeness (QED) is 0.925. The summed E-state index contributed by atoms with van der Waals surface area (Å²) >= 11 is 5.96. The lowest BCUT2D eigenvalue weighted by Crippen LogP contribution is -2.28. The first-order valence-corrected chi connectivity index (χ1v) is 6.34. The minimum atomic E-state index is -0.106. The van der Waals surface area contributed by atoms with Crippen molar-refractivity contribution in [3.63, 3.8) is 0 Å². The first-order chi connectivity index (χ1) is 8.44. The molecule has 0 aliphatic heterocycles. The molecular weight excluding hydrogens is 246 g/mol. The maximum absolute atomic E-state index is 5.96. The van der Waals surface area contributed by atoms with E-state index in [0.717, 1.165) is 22.0 Å². The van der Waals surface area contributed by atoms with E-state index < -0.39 is 0 Å². The smallest absolute Gasteiger partial charge is 0.0697 e.